The predicted molar refractivity (Wildman–Crippen MR) is 39.4 cm³/mol. The third-order valence-corrected chi connectivity index (χ3v) is 2.69. The summed E-state index contributed by atoms with van der Waals surface area (Å²) in [5.74, 6) is 1.39. The van der Waals surface area contributed by atoms with Crippen LogP contribution in [0.15, 0.2) is 0 Å². The Balaban J connectivity index is 2.01. The Bertz CT molecular complexity index is 68.9. The quantitative estimate of drug-likeness (QED) is 0.551. The van der Waals surface area contributed by atoms with Crippen molar-refractivity contribution < 1.29 is 0 Å². The van der Waals surface area contributed by atoms with Crippen molar-refractivity contribution >= 4 is 11.8 Å². The Morgan fingerprint density at radius 3 is 2.38 bits per heavy atom. The molecule has 1 rings (SSSR count). The van der Waals surface area contributed by atoms with Gasteiger partial charge in [-0.15, -0.1) is 0 Å². The second-order valence-corrected chi connectivity index (χ2v) is 3.95. The van der Waals surface area contributed by atoms with Gasteiger partial charge in [0.15, 0.2) is 0 Å². The van der Waals surface area contributed by atoms with Crippen LogP contribution in [0, 0.1) is 0 Å². The molecule has 1 saturated heterocycles. The molecule has 0 N–H and O–H groups in total. The summed E-state index contributed by atoms with van der Waals surface area (Å²) in [6, 6.07) is 0. The van der Waals surface area contributed by atoms with E-state index in [1.54, 1.807) is 0 Å². The molecule has 0 aromatic carbocycles. The highest BCUT2D eigenvalue weighted by Crippen LogP contribution is 2.27. The molecule has 2 heteroatoms. The minimum Gasteiger partial charge on any atom is -0.308 e. The van der Waals surface area contributed by atoms with E-state index < -0.39 is 0 Å². The molecule has 0 spiro atoms. The monoisotopic (exact) mass is 131 g/mol. The Labute approximate surface area is 55.4 Å². The molecule has 0 radical (unpaired) electrons. The largest absolute Gasteiger partial charge is 0.308 e. The third-order valence-electron chi connectivity index (χ3n) is 1.36. The first-order valence-corrected chi connectivity index (χ1v) is 4.10. The van der Waals surface area contributed by atoms with Gasteiger partial charge >= 0.3 is 0 Å². The van der Waals surface area contributed by atoms with Crippen LogP contribution in [0.5, 0.6) is 0 Å². The number of thioether (sulfide) groups is 1. The fraction of sp³-hybridized carbons (Fsp3) is 1.00. The van der Waals surface area contributed by atoms with Crippen molar-refractivity contribution in [1.29, 1.82) is 0 Å². The van der Waals surface area contributed by atoms with Crippen molar-refractivity contribution in [2.45, 2.75) is 11.7 Å². The summed E-state index contributed by atoms with van der Waals surface area (Å²) < 4.78 is 0. The van der Waals surface area contributed by atoms with E-state index in [2.05, 4.69) is 30.8 Å². The lowest BCUT2D eigenvalue weighted by Gasteiger charge is -2.27. The maximum absolute atomic E-state index is 2.26. The number of nitrogens with zero attached hydrogens (tertiary/aromatic N) is 1. The zero-order valence-corrected chi connectivity index (χ0v) is 6.37. The lowest BCUT2D eigenvalue weighted by atomic mass is 10.3. The molecule has 8 heavy (non-hydrogen) atoms. The molecule has 1 unspecified atom stereocenters. The molecule has 0 aromatic heterocycles. The molecular weight excluding hydrogens is 118 g/mol. The van der Waals surface area contributed by atoms with Gasteiger partial charge in [0.1, 0.15) is 0 Å². The predicted octanol–water partition coefficient (Wildman–Crippen LogP) is 1.05. The van der Waals surface area contributed by atoms with E-state index >= 15 is 0 Å². The number of rotatable bonds is 2. The summed E-state index contributed by atoms with van der Waals surface area (Å²) in [6.07, 6.45) is 1.43. The summed E-state index contributed by atoms with van der Waals surface area (Å²) in [6.45, 7) is 1.27. The van der Waals surface area contributed by atoms with Crippen LogP contribution in [0.25, 0.3) is 0 Å². The molecule has 0 saturated carbocycles. The first-order valence-electron chi connectivity index (χ1n) is 3.05. The molecule has 0 amide bonds. The van der Waals surface area contributed by atoms with Gasteiger partial charge in [-0.1, -0.05) is 0 Å². The van der Waals surface area contributed by atoms with Crippen molar-refractivity contribution in [1.82, 2.24) is 4.90 Å². The Morgan fingerprint density at radius 1 is 1.62 bits per heavy atom. The lowest BCUT2D eigenvalue weighted by Crippen LogP contribution is -2.29. The van der Waals surface area contributed by atoms with Crippen molar-refractivity contribution in [3.05, 3.63) is 0 Å². The van der Waals surface area contributed by atoms with Crippen LogP contribution in [0.1, 0.15) is 6.42 Å². The molecule has 0 aromatic rings. The summed E-state index contributed by atoms with van der Waals surface area (Å²) >= 11 is 2.09. The van der Waals surface area contributed by atoms with Gasteiger partial charge in [-0.05, 0) is 26.3 Å². The molecule has 1 atom stereocenters. The van der Waals surface area contributed by atoms with Crippen LogP contribution in [-0.4, -0.2) is 36.5 Å². The maximum Gasteiger partial charge on any atom is 0.0182 e. The molecule has 48 valence electrons. The van der Waals surface area contributed by atoms with Crippen LogP contribution >= 0.6 is 11.8 Å². The highest BCUT2D eigenvalue weighted by molar-refractivity contribution is 8.01. The highest BCUT2D eigenvalue weighted by atomic mass is 32.2. The van der Waals surface area contributed by atoms with Crippen LogP contribution in [0.2, 0.25) is 0 Å². The SMILES string of the molecule is CN(C)CC1CCS1. The average Bonchev–Trinajstić information content (AvgIpc) is 1.55. The van der Waals surface area contributed by atoms with Crippen LogP contribution in [0.4, 0.5) is 0 Å². The summed E-state index contributed by atoms with van der Waals surface area (Å²) in [4.78, 5) is 2.26. The average molecular weight is 131 g/mol. The van der Waals surface area contributed by atoms with E-state index in [9.17, 15) is 0 Å². The van der Waals surface area contributed by atoms with Gasteiger partial charge in [-0.2, -0.15) is 11.8 Å². The molecule has 0 bridgehead atoms. The van der Waals surface area contributed by atoms with Gasteiger partial charge in [0.25, 0.3) is 0 Å². The summed E-state index contributed by atoms with van der Waals surface area (Å²) in [7, 11) is 4.28. The third kappa shape index (κ3) is 1.67. The van der Waals surface area contributed by atoms with Gasteiger partial charge in [0.2, 0.25) is 0 Å². The van der Waals surface area contributed by atoms with Gasteiger partial charge in [-0.25, -0.2) is 0 Å². The van der Waals surface area contributed by atoms with E-state index in [0.717, 1.165) is 5.25 Å². The molecule has 0 aliphatic carbocycles. The van der Waals surface area contributed by atoms with E-state index in [-0.39, 0.29) is 0 Å². The van der Waals surface area contributed by atoms with Crippen LogP contribution in [-0.2, 0) is 0 Å². The molecule has 1 heterocycles. The Morgan fingerprint density at radius 2 is 2.25 bits per heavy atom. The molecule has 1 fully saturated rings. The van der Waals surface area contributed by atoms with Gasteiger partial charge in [0.05, 0.1) is 0 Å². The molecule has 1 nitrogen and oxygen atoms in total. The maximum atomic E-state index is 2.26. The van der Waals surface area contributed by atoms with E-state index in [1.807, 2.05) is 0 Å². The second-order valence-electron chi connectivity index (χ2n) is 2.54. The standard InChI is InChI=1S/C6H13NS/c1-7(2)5-6-3-4-8-6/h6H,3-5H2,1-2H3. The van der Waals surface area contributed by atoms with Gasteiger partial charge < -0.3 is 4.90 Å². The Kier molecular flexibility index (Phi) is 2.20. The zero-order chi connectivity index (χ0) is 5.98. The Hall–Kier alpha value is 0.310. The minimum atomic E-state index is 0.949. The number of hydrogen-bond donors (Lipinski definition) is 0. The molecule has 1 aliphatic rings. The normalized spacial score (nSPS) is 28.1. The van der Waals surface area contributed by atoms with Crippen LogP contribution < -0.4 is 0 Å². The fourth-order valence-corrected chi connectivity index (χ4v) is 1.81. The summed E-state index contributed by atoms with van der Waals surface area (Å²) in [5, 5.41) is 0.949. The van der Waals surface area contributed by atoms with E-state index in [4.69, 9.17) is 0 Å². The first-order chi connectivity index (χ1) is 3.79. The van der Waals surface area contributed by atoms with Gasteiger partial charge in [0, 0.05) is 11.8 Å². The second kappa shape index (κ2) is 2.74. The fourth-order valence-electron chi connectivity index (χ4n) is 0.836. The summed E-state index contributed by atoms with van der Waals surface area (Å²) in [5.41, 5.74) is 0. The van der Waals surface area contributed by atoms with Crippen molar-refractivity contribution in [2.75, 3.05) is 26.4 Å². The highest BCUT2D eigenvalue weighted by Gasteiger charge is 2.17. The number of hydrogen-bond acceptors (Lipinski definition) is 2. The van der Waals surface area contributed by atoms with Crippen LogP contribution in [0.3, 0.4) is 0 Å². The van der Waals surface area contributed by atoms with Crippen molar-refractivity contribution in [3.63, 3.8) is 0 Å². The van der Waals surface area contributed by atoms with E-state index in [1.165, 1.54) is 18.7 Å². The van der Waals surface area contributed by atoms with Crippen molar-refractivity contribution in [2.24, 2.45) is 0 Å². The van der Waals surface area contributed by atoms with Crippen molar-refractivity contribution in [3.8, 4) is 0 Å². The lowest BCUT2D eigenvalue weighted by molar-refractivity contribution is 0.399. The van der Waals surface area contributed by atoms with Gasteiger partial charge in [-0.3, -0.25) is 0 Å². The minimum absolute atomic E-state index is 0.949. The molecule has 1 aliphatic heterocycles. The van der Waals surface area contributed by atoms with E-state index in [0.29, 0.717) is 0 Å². The smallest absolute Gasteiger partial charge is 0.0182 e. The zero-order valence-electron chi connectivity index (χ0n) is 5.55. The first kappa shape index (κ1) is 6.43. The topological polar surface area (TPSA) is 3.24 Å². The molecular formula is C6H13NS.